The van der Waals surface area contributed by atoms with Crippen LogP contribution < -0.4 is 10.6 Å². The SMILES string of the molecule is CNCC(=O)C(C)(C)CCC(=O)NCC(=O)OC. The lowest BCUT2D eigenvalue weighted by atomic mass is 9.83. The summed E-state index contributed by atoms with van der Waals surface area (Å²) in [4.78, 5) is 34.0. The second-order valence-corrected chi connectivity index (χ2v) is 4.69. The van der Waals surface area contributed by atoms with E-state index in [-0.39, 0.29) is 31.2 Å². The molecule has 104 valence electrons. The average molecular weight is 258 g/mol. The van der Waals surface area contributed by atoms with Crippen LogP contribution >= 0.6 is 0 Å². The van der Waals surface area contributed by atoms with Gasteiger partial charge in [-0.2, -0.15) is 0 Å². The van der Waals surface area contributed by atoms with Crippen molar-refractivity contribution in [1.29, 1.82) is 0 Å². The summed E-state index contributed by atoms with van der Waals surface area (Å²) in [5, 5.41) is 5.23. The van der Waals surface area contributed by atoms with E-state index in [1.54, 1.807) is 20.9 Å². The van der Waals surface area contributed by atoms with Crippen molar-refractivity contribution >= 4 is 17.7 Å². The van der Waals surface area contributed by atoms with Crippen molar-refractivity contribution in [3.8, 4) is 0 Å². The Hall–Kier alpha value is -1.43. The fraction of sp³-hybridized carbons (Fsp3) is 0.750. The van der Waals surface area contributed by atoms with E-state index >= 15 is 0 Å². The van der Waals surface area contributed by atoms with Gasteiger partial charge in [-0.3, -0.25) is 14.4 Å². The summed E-state index contributed by atoms with van der Waals surface area (Å²) in [5.41, 5.74) is -0.550. The van der Waals surface area contributed by atoms with Crippen LogP contribution in [0.3, 0.4) is 0 Å². The van der Waals surface area contributed by atoms with E-state index in [1.165, 1.54) is 7.11 Å². The van der Waals surface area contributed by atoms with Crippen molar-refractivity contribution < 1.29 is 19.1 Å². The first-order chi connectivity index (χ1) is 8.33. The standard InChI is InChI=1S/C12H22N2O4/c1-12(2,9(15)7-13-3)6-5-10(16)14-8-11(17)18-4/h13H,5-8H2,1-4H3,(H,14,16). The Labute approximate surface area is 107 Å². The fourth-order valence-electron chi connectivity index (χ4n) is 1.30. The minimum Gasteiger partial charge on any atom is -0.468 e. The highest BCUT2D eigenvalue weighted by Crippen LogP contribution is 2.23. The molecule has 0 aromatic heterocycles. The number of carbonyl (C=O) groups excluding carboxylic acids is 3. The number of methoxy groups -OCH3 is 1. The second kappa shape index (κ2) is 7.81. The van der Waals surface area contributed by atoms with E-state index in [2.05, 4.69) is 15.4 Å². The van der Waals surface area contributed by atoms with Crippen LogP contribution in [0.5, 0.6) is 0 Å². The van der Waals surface area contributed by atoms with Gasteiger partial charge in [0.25, 0.3) is 0 Å². The molecule has 0 fully saturated rings. The third-order valence-electron chi connectivity index (χ3n) is 2.73. The smallest absolute Gasteiger partial charge is 0.325 e. The van der Waals surface area contributed by atoms with Crippen LogP contribution in [0.15, 0.2) is 0 Å². The molecule has 0 aromatic rings. The van der Waals surface area contributed by atoms with Gasteiger partial charge < -0.3 is 15.4 Å². The van der Waals surface area contributed by atoms with Crippen molar-refractivity contribution in [2.45, 2.75) is 26.7 Å². The number of hydrogen-bond donors (Lipinski definition) is 2. The van der Waals surface area contributed by atoms with Crippen molar-refractivity contribution in [3.63, 3.8) is 0 Å². The molecule has 0 saturated heterocycles. The maximum absolute atomic E-state index is 11.7. The van der Waals surface area contributed by atoms with Crippen LogP contribution in [-0.2, 0) is 19.1 Å². The first-order valence-electron chi connectivity index (χ1n) is 5.85. The summed E-state index contributed by atoms with van der Waals surface area (Å²) in [7, 11) is 2.96. The predicted octanol–water partition coefficient (Wildman–Crippen LogP) is -0.129. The molecule has 0 unspecified atom stereocenters. The quantitative estimate of drug-likeness (QED) is 0.592. The maximum atomic E-state index is 11.7. The zero-order valence-electron chi connectivity index (χ0n) is 11.5. The molecule has 18 heavy (non-hydrogen) atoms. The molecule has 0 bridgehead atoms. The maximum Gasteiger partial charge on any atom is 0.325 e. The Balaban J connectivity index is 4.03. The molecule has 0 rings (SSSR count). The number of likely N-dealkylation sites (N-methyl/N-ethyl adjacent to an activating group) is 1. The Kier molecular flexibility index (Phi) is 7.19. The predicted molar refractivity (Wildman–Crippen MR) is 67.0 cm³/mol. The molecule has 2 N–H and O–H groups in total. The van der Waals surface area contributed by atoms with Gasteiger partial charge in [0, 0.05) is 11.8 Å². The molecule has 0 aromatic carbocycles. The first kappa shape index (κ1) is 16.6. The fourth-order valence-corrected chi connectivity index (χ4v) is 1.30. The van der Waals surface area contributed by atoms with Crippen molar-refractivity contribution in [3.05, 3.63) is 0 Å². The molecule has 0 radical (unpaired) electrons. The van der Waals surface area contributed by atoms with Crippen LogP contribution in [0.25, 0.3) is 0 Å². The highest BCUT2D eigenvalue weighted by Gasteiger charge is 2.27. The van der Waals surface area contributed by atoms with Crippen molar-refractivity contribution in [2.75, 3.05) is 27.2 Å². The topological polar surface area (TPSA) is 84.5 Å². The zero-order chi connectivity index (χ0) is 14.2. The van der Waals surface area contributed by atoms with E-state index in [9.17, 15) is 14.4 Å². The minimum atomic E-state index is -0.550. The lowest BCUT2D eigenvalue weighted by Gasteiger charge is -2.22. The Bertz CT molecular complexity index is 313. The molecule has 6 heteroatoms. The summed E-state index contributed by atoms with van der Waals surface area (Å²) in [6.45, 7) is 3.76. The molecule has 0 aliphatic carbocycles. The minimum absolute atomic E-state index is 0.0609. The van der Waals surface area contributed by atoms with Gasteiger partial charge in [-0.1, -0.05) is 13.8 Å². The largest absolute Gasteiger partial charge is 0.468 e. The number of amides is 1. The number of esters is 1. The second-order valence-electron chi connectivity index (χ2n) is 4.69. The molecular weight excluding hydrogens is 236 g/mol. The van der Waals surface area contributed by atoms with Gasteiger partial charge in [-0.05, 0) is 13.5 Å². The lowest BCUT2D eigenvalue weighted by molar-refractivity contribution is -0.141. The zero-order valence-corrected chi connectivity index (χ0v) is 11.5. The van der Waals surface area contributed by atoms with Gasteiger partial charge in [-0.25, -0.2) is 0 Å². The molecule has 0 aliphatic heterocycles. The molecule has 1 amide bonds. The van der Waals surface area contributed by atoms with Crippen molar-refractivity contribution in [1.82, 2.24) is 10.6 Å². The summed E-state index contributed by atoms with van der Waals surface area (Å²) in [6, 6.07) is 0. The summed E-state index contributed by atoms with van der Waals surface area (Å²) in [6.07, 6.45) is 0.653. The van der Waals surface area contributed by atoms with Gasteiger partial charge in [0.05, 0.1) is 13.7 Å². The molecular formula is C12H22N2O4. The number of rotatable bonds is 8. The van der Waals surface area contributed by atoms with E-state index in [4.69, 9.17) is 0 Å². The number of ketones is 1. The molecule has 0 saturated carbocycles. The van der Waals surface area contributed by atoms with Gasteiger partial charge in [0.2, 0.25) is 5.91 Å². The molecule has 0 heterocycles. The van der Waals surface area contributed by atoms with E-state index in [1.807, 2.05) is 0 Å². The molecule has 6 nitrogen and oxygen atoms in total. The monoisotopic (exact) mass is 258 g/mol. The number of carbonyl (C=O) groups is 3. The summed E-state index contributed by atoms with van der Waals surface area (Å²) >= 11 is 0. The summed E-state index contributed by atoms with van der Waals surface area (Å²) in [5.74, 6) is -0.689. The van der Waals surface area contributed by atoms with Crippen LogP contribution in [0.4, 0.5) is 0 Å². The summed E-state index contributed by atoms with van der Waals surface area (Å²) < 4.78 is 4.40. The third-order valence-corrected chi connectivity index (χ3v) is 2.73. The van der Waals surface area contributed by atoms with Crippen LogP contribution in [0.2, 0.25) is 0 Å². The van der Waals surface area contributed by atoms with Crippen LogP contribution in [-0.4, -0.2) is 44.9 Å². The average Bonchev–Trinajstić information content (AvgIpc) is 2.33. The Morgan fingerprint density at radius 3 is 2.28 bits per heavy atom. The van der Waals surface area contributed by atoms with Gasteiger partial charge in [-0.15, -0.1) is 0 Å². The number of ether oxygens (including phenoxy) is 1. The van der Waals surface area contributed by atoms with Gasteiger partial charge in [0.1, 0.15) is 6.54 Å². The molecule has 0 aliphatic rings. The van der Waals surface area contributed by atoms with E-state index in [0.29, 0.717) is 6.42 Å². The van der Waals surface area contributed by atoms with Gasteiger partial charge in [0.15, 0.2) is 5.78 Å². The first-order valence-corrected chi connectivity index (χ1v) is 5.85. The number of hydrogen-bond acceptors (Lipinski definition) is 5. The van der Waals surface area contributed by atoms with E-state index in [0.717, 1.165) is 0 Å². The van der Waals surface area contributed by atoms with Crippen molar-refractivity contribution in [2.24, 2.45) is 5.41 Å². The van der Waals surface area contributed by atoms with Crippen LogP contribution in [0, 0.1) is 5.41 Å². The lowest BCUT2D eigenvalue weighted by Crippen LogP contribution is -2.35. The highest BCUT2D eigenvalue weighted by atomic mass is 16.5. The number of Topliss-reactive ketones (excluding diaryl/α,β-unsaturated/α-hetero) is 1. The third kappa shape index (κ3) is 6.34. The highest BCUT2D eigenvalue weighted by molar-refractivity contribution is 5.87. The normalized spacial score (nSPS) is 10.9. The Morgan fingerprint density at radius 2 is 1.78 bits per heavy atom. The van der Waals surface area contributed by atoms with Crippen LogP contribution in [0.1, 0.15) is 26.7 Å². The van der Waals surface area contributed by atoms with E-state index < -0.39 is 11.4 Å². The number of nitrogens with one attached hydrogen (secondary N) is 2. The Morgan fingerprint density at radius 1 is 1.17 bits per heavy atom. The molecule has 0 atom stereocenters. The van der Waals surface area contributed by atoms with Gasteiger partial charge >= 0.3 is 5.97 Å². The molecule has 0 spiro atoms.